The number of allylic oxidation sites excluding steroid dienone is 1. The van der Waals surface area contributed by atoms with Crippen molar-refractivity contribution in [2.24, 2.45) is 0 Å². The molecule has 0 unspecified atom stereocenters. The Morgan fingerprint density at radius 1 is 1.53 bits per heavy atom. The Hall–Kier alpha value is -1.36. The van der Waals surface area contributed by atoms with Gasteiger partial charge in [-0.3, -0.25) is 10.1 Å². The minimum atomic E-state index is -0.546. The van der Waals surface area contributed by atoms with Gasteiger partial charge in [0.25, 0.3) is 5.69 Å². The van der Waals surface area contributed by atoms with Gasteiger partial charge in [0.05, 0.1) is 4.92 Å². The summed E-state index contributed by atoms with van der Waals surface area (Å²) < 4.78 is 13.2. The van der Waals surface area contributed by atoms with Gasteiger partial charge in [-0.05, 0) is 18.2 Å². The number of hydrogen-bond donors (Lipinski definition) is 1. The van der Waals surface area contributed by atoms with Crippen LogP contribution in [0.25, 0.3) is 6.08 Å². The van der Waals surface area contributed by atoms with Crippen molar-refractivity contribution in [3.63, 3.8) is 0 Å². The molecule has 0 bridgehead atoms. The Kier molecular flexibility index (Phi) is 4.30. The number of non-ortho nitro benzene ring substituents is 1. The molecule has 5 heteroatoms. The van der Waals surface area contributed by atoms with Crippen LogP contribution in [0.5, 0.6) is 0 Å². The smallest absolute Gasteiger partial charge is 0.258 e. The molecule has 15 heavy (non-hydrogen) atoms. The summed E-state index contributed by atoms with van der Waals surface area (Å²) >= 11 is 3.99. The van der Waals surface area contributed by atoms with Gasteiger partial charge in [-0.15, -0.1) is 0 Å². The topological polar surface area (TPSA) is 43.1 Å². The number of thiol groups is 1. The van der Waals surface area contributed by atoms with Gasteiger partial charge in [-0.1, -0.05) is 12.2 Å². The predicted octanol–water partition coefficient (Wildman–Crippen LogP) is 3.07. The fourth-order valence-electron chi connectivity index (χ4n) is 1.06. The SMILES string of the molecule is O=[N+]([O-])c1ccc(F)c(C=CCCS)c1. The molecule has 0 saturated heterocycles. The lowest BCUT2D eigenvalue weighted by molar-refractivity contribution is -0.384. The number of benzene rings is 1. The van der Waals surface area contributed by atoms with Crippen LogP contribution in [0.2, 0.25) is 0 Å². The van der Waals surface area contributed by atoms with E-state index >= 15 is 0 Å². The van der Waals surface area contributed by atoms with Crippen LogP contribution in [-0.2, 0) is 0 Å². The van der Waals surface area contributed by atoms with Crippen LogP contribution in [0, 0.1) is 15.9 Å². The van der Waals surface area contributed by atoms with Crippen LogP contribution in [-0.4, -0.2) is 10.7 Å². The minimum absolute atomic E-state index is 0.109. The van der Waals surface area contributed by atoms with Crippen molar-refractivity contribution >= 4 is 24.4 Å². The number of nitrogens with zero attached hydrogens (tertiary/aromatic N) is 1. The zero-order chi connectivity index (χ0) is 11.3. The molecular weight excluding hydrogens is 217 g/mol. The molecule has 0 aliphatic rings. The second kappa shape index (κ2) is 5.50. The van der Waals surface area contributed by atoms with E-state index in [1.54, 1.807) is 6.08 Å². The molecule has 0 spiro atoms. The molecule has 0 aliphatic heterocycles. The van der Waals surface area contributed by atoms with E-state index in [1.165, 1.54) is 12.1 Å². The largest absolute Gasteiger partial charge is 0.270 e. The zero-order valence-electron chi connectivity index (χ0n) is 7.89. The van der Waals surface area contributed by atoms with E-state index in [4.69, 9.17) is 0 Å². The molecule has 0 saturated carbocycles. The summed E-state index contributed by atoms with van der Waals surface area (Å²) in [4.78, 5) is 9.89. The van der Waals surface area contributed by atoms with Crippen molar-refractivity contribution in [1.82, 2.24) is 0 Å². The Labute approximate surface area is 92.2 Å². The first-order valence-corrected chi connectivity index (χ1v) is 4.99. The molecule has 0 fully saturated rings. The molecule has 1 aromatic rings. The number of nitro groups is 1. The number of nitro benzene ring substituents is 1. The summed E-state index contributed by atoms with van der Waals surface area (Å²) in [5.41, 5.74) is 0.118. The standard InChI is InChI=1S/C10H10FNO2S/c11-10-5-4-9(12(13)14)7-8(10)3-1-2-6-15/h1,3-5,7,15H,2,6H2. The number of rotatable bonds is 4. The van der Waals surface area contributed by atoms with Crippen molar-refractivity contribution in [3.05, 3.63) is 45.8 Å². The third-order valence-electron chi connectivity index (χ3n) is 1.78. The first kappa shape index (κ1) is 11.7. The molecule has 80 valence electrons. The minimum Gasteiger partial charge on any atom is -0.258 e. The zero-order valence-corrected chi connectivity index (χ0v) is 8.78. The highest BCUT2D eigenvalue weighted by Gasteiger charge is 2.08. The molecule has 0 N–H and O–H groups in total. The average molecular weight is 227 g/mol. The summed E-state index contributed by atoms with van der Waals surface area (Å²) in [6.07, 6.45) is 3.96. The first-order valence-electron chi connectivity index (χ1n) is 4.36. The number of halogens is 1. The summed E-state index contributed by atoms with van der Waals surface area (Å²) in [5, 5.41) is 10.4. The predicted molar refractivity (Wildman–Crippen MR) is 60.6 cm³/mol. The molecule has 3 nitrogen and oxygen atoms in total. The van der Waals surface area contributed by atoms with Crippen LogP contribution in [0.1, 0.15) is 12.0 Å². The Balaban J connectivity index is 2.95. The quantitative estimate of drug-likeness (QED) is 0.488. The van der Waals surface area contributed by atoms with E-state index in [2.05, 4.69) is 12.6 Å². The van der Waals surface area contributed by atoms with Crippen molar-refractivity contribution in [1.29, 1.82) is 0 Å². The first-order chi connectivity index (χ1) is 7.15. The van der Waals surface area contributed by atoms with E-state index in [0.29, 0.717) is 12.2 Å². The summed E-state index contributed by atoms with van der Waals surface area (Å²) in [6.45, 7) is 0. The summed E-state index contributed by atoms with van der Waals surface area (Å²) in [7, 11) is 0. The maximum absolute atomic E-state index is 13.2. The van der Waals surface area contributed by atoms with E-state index < -0.39 is 10.7 Å². The molecular formula is C10H10FNO2S. The van der Waals surface area contributed by atoms with Crippen LogP contribution in [0.4, 0.5) is 10.1 Å². The van der Waals surface area contributed by atoms with Crippen LogP contribution < -0.4 is 0 Å². The molecule has 0 aliphatic carbocycles. The molecule has 1 rings (SSSR count). The van der Waals surface area contributed by atoms with E-state index in [1.807, 2.05) is 0 Å². The van der Waals surface area contributed by atoms with Gasteiger partial charge in [-0.2, -0.15) is 12.6 Å². The van der Waals surface area contributed by atoms with Gasteiger partial charge in [0.15, 0.2) is 0 Å². The van der Waals surface area contributed by atoms with E-state index in [0.717, 1.165) is 12.1 Å². The Morgan fingerprint density at radius 2 is 2.27 bits per heavy atom. The second-order valence-electron chi connectivity index (χ2n) is 2.88. The third-order valence-corrected chi connectivity index (χ3v) is 2.04. The van der Waals surface area contributed by atoms with Crippen LogP contribution in [0.3, 0.4) is 0 Å². The highest BCUT2D eigenvalue weighted by molar-refractivity contribution is 7.80. The van der Waals surface area contributed by atoms with Crippen molar-refractivity contribution < 1.29 is 9.31 Å². The maximum atomic E-state index is 13.2. The van der Waals surface area contributed by atoms with Gasteiger partial charge in [0, 0.05) is 17.7 Å². The molecule has 0 atom stereocenters. The van der Waals surface area contributed by atoms with Gasteiger partial charge >= 0.3 is 0 Å². The molecule has 0 radical (unpaired) electrons. The van der Waals surface area contributed by atoms with Gasteiger partial charge in [0.2, 0.25) is 0 Å². The second-order valence-corrected chi connectivity index (χ2v) is 3.32. The summed E-state index contributed by atoms with van der Waals surface area (Å²) in [5.74, 6) is 0.198. The third kappa shape index (κ3) is 3.36. The fourth-order valence-corrected chi connectivity index (χ4v) is 1.21. The van der Waals surface area contributed by atoms with Crippen molar-refractivity contribution in [2.45, 2.75) is 6.42 Å². The fraction of sp³-hybridized carbons (Fsp3) is 0.200. The molecule has 1 aromatic carbocycles. The Bertz CT molecular complexity index is 393. The van der Waals surface area contributed by atoms with Crippen molar-refractivity contribution in [2.75, 3.05) is 5.75 Å². The van der Waals surface area contributed by atoms with Crippen LogP contribution >= 0.6 is 12.6 Å². The lowest BCUT2D eigenvalue weighted by atomic mass is 10.1. The average Bonchev–Trinajstić information content (AvgIpc) is 2.20. The van der Waals surface area contributed by atoms with Crippen LogP contribution in [0.15, 0.2) is 24.3 Å². The van der Waals surface area contributed by atoms with Gasteiger partial charge in [0.1, 0.15) is 5.82 Å². The highest BCUT2D eigenvalue weighted by atomic mass is 32.1. The lowest BCUT2D eigenvalue weighted by Gasteiger charge is -1.96. The Morgan fingerprint density at radius 3 is 2.87 bits per heavy atom. The van der Waals surface area contributed by atoms with Gasteiger partial charge in [-0.25, -0.2) is 4.39 Å². The summed E-state index contributed by atoms with van der Waals surface area (Å²) in [6, 6.07) is 3.45. The van der Waals surface area contributed by atoms with E-state index in [9.17, 15) is 14.5 Å². The highest BCUT2D eigenvalue weighted by Crippen LogP contribution is 2.18. The maximum Gasteiger partial charge on any atom is 0.270 e. The normalized spacial score (nSPS) is 10.8. The molecule has 0 amide bonds. The molecule has 0 aromatic heterocycles. The van der Waals surface area contributed by atoms with Crippen molar-refractivity contribution in [3.8, 4) is 0 Å². The number of hydrogen-bond acceptors (Lipinski definition) is 3. The monoisotopic (exact) mass is 227 g/mol. The van der Waals surface area contributed by atoms with Gasteiger partial charge < -0.3 is 0 Å². The van der Waals surface area contributed by atoms with E-state index in [-0.39, 0.29) is 11.3 Å². The molecule has 0 heterocycles. The lowest BCUT2D eigenvalue weighted by Crippen LogP contribution is -1.90.